The van der Waals surface area contributed by atoms with E-state index in [-0.39, 0.29) is 11.9 Å². The molecule has 2 heterocycles. The Kier molecular flexibility index (Phi) is 4.91. The van der Waals surface area contributed by atoms with Crippen LogP contribution < -0.4 is 4.90 Å². The van der Waals surface area contributed by atoms with Crippen LogP contribution in [0.1, 0.15) is 39.2 Å². The van der Waals surface area contributed by atoms with Crippen molar-refractivity contribution in [3.8, 4) is 0 Å². The number of nitrogens with zero attached hydrogens (tertiary/aromatic N) is 2. The molecule has 5 heteroatoms. The predicted octanol–water partition coefficient (Wildman–Crippen LogP) is 3.71. The molecule has 116 valence electrons. The average Bonchev–Trinajstić information content (AvgIpc) is 2.37. The van der Waals surface area contributed by atoms with Crippen LogP contribution in [0.2, 0.25) is 0 Å². The normalized spacial score (nSPS) is 16.9. The van der Waals surface area contributed by atoms with Gasteiger partial charge in [0.1, 0.15) is 5.60 Å². The van der Waals surface area contributed by atoms with Gasteiger partial charge in [0.25, 0.3) is 0 Å². The number of piperidine rings is 1. The number of carbonyl (C=O) groups is 1. The lowest BCUT2D eigenvalue weighted by Gasteiger charge is -2.35. The van der Waals surface area contributed by atoms with E-state index in [2.05, 4.69) is 32.7 Å². The summed E-state index contributed by atoms with van der Waals surface area (Å²) in [6.07, 6.45) is 5.37. The van der Waals surface area contributed by atoms with Crippen LogP contribution in [0, 0.1) is 12.8 Å². The zero-order chi connectivity index (χ0) is 15.6. The van der Waals surface area contributed by atoms with Gasteiger partial charge >= 0.3 is 5.97 Å². The fourth-order valence-electron chi connectivity index (χ4n) is 2.65. The van der Waals surface area contributed by atoms with E-state index in [0.29, 0.717) is 0 Å². The first-order valence-electron chi connectivity index (χ1n) is 7.36. The molecule has 0 aromatic carbocycles. The molecular weight excluding hydrogens is 332 g/mol. The monoisotopic (exact) mass is 354 g/mol. The minimum Gasteiger partial charge on any atom is -0.460 e. The van der Waals surface area contributed by atoms with Crippen LogP contribution in [-0.2, 0) is 9.53 Å². The number of rotatable bonds is 2. The van der Waals surface area contributed by atoms with Crippen LogP contribution >= 0.6 is 15.9 Å². The van der Waals surface area contributed by atoms with E-state index in [1.807, 2.05) is 33.2 Å². The largest absolute Gasteiger partial charge is 0.460 e. The predicted molar refractivity (Wildman–Crippen MR) is 87.5 cm³/mol. The lowest BCUT2D eigenvalue weighted by molar-refractivity contribution is -0.160. The van der Waals surface area contributed by atoms with Gasteiger partial charge in [-0.2, -0.15) is 0 Å². The molecule has 0 amide bonds. The SMILES string of the molecule is Cc1cncc(Br)c1N1CCC(C(=O)OC(C)(C)C)CC1. The van der Waals surface area contributed by atoms with Crippen LogP contribution in [0.4, 0.5) is 5.69 Å². The maximum atomic E-state index is 12.1. The first-order chi connectivity index (χ1) is 9.78. The van der Waals surface area contributed by atoms with Gasteiger partial charge in [0.15, 0.2) is 0 Å². The summed E-state index contributed by atoms with van der Waals surface area (Å²) in [5.41, 5.74) is 1.94. The highest BCUT2D eigenvalue weighted by Gasteiger charge is 2.30. The average molecular weight is 355 g/mol. The van der Waals surface area contributed by atoms with Gasteiger partial charge in [0, 0.05) is 25.5 Å². The summed E-state index contributed by atoms with van der Waals surface area (Å²) in [5.74, 6) is -0.0472. The highest BCUT2D eigenvalue weighted by molar-refractivity contribution is 9.10. The van der Waals surface area contributed by atoms with Crippen molar-refractivity contribution < 1.29 is 9.53 Å². The van der Waals surface area contributed by atoms with E-state index in [4.69, 9.17) is 4.74 Å². The number of aryl methyl sites for hydroxylation is 1. The highest BCUT2D eigenvalue weighted by atomic mass is 79.9. The number of carbonyl (C=O) groups excluding carboxylic acids is 1. The standard InChI is InChI=1S/C16H23BrN2O2/c1-11-9-18-10-13(17)14(11)19-7-5-12(6-8-19)15(20)21-16(2,3)4/h9-10,12H,5-8H2,1-4H3. The summed E-state index contributed by atoms with van der Waals surface area (Å²) < 4.78 is 6.50. The lowest BCUT2D eigenvalue weighted by atomic mass is 9.96. The highest BCUT2D eigenvalue weighted by Crippen LogP contribution is 2.32. The fraction of sp³-hybridized carbons (Fsp3) is 0.625. The second-order valence-corrected chi connectivity index (χ2v) is 7.44. The quantitative estimate of drug-likeness (QED) is 0.759. The van der Waals surface area contributed by atoms with Gasteiger partial charge in [-0.15, -0.1) is 0 Å². The van der Waals surface area contributed by atoms with E-state index in [1.54, 1.807) is 0 Å². The zero-order valence-corrected chi connectivity index (χ0v) is 14.7. The third-order valence-corrected chi connectivity index (χ3v) is 4.19. The molecule has 1 aliphatic rings. The van der Waals surface area contributed by atoms with E-state index in [9.17, 15) is 4.79 Å². The topological polar surface area (TPSA) is 42.4 Å². The molecule has 0 unspecified atom stereocenters. The zero-order valence-electron chi connectivity index (χ0n) is 13.1. The molecule has 0 atom stereocenters. The number of halogens is 1. The van der Waals surface area contributed by atoms with Gasteiger partial charge in [-0.3, -0.25) is 9.78 Å². The first-order valence-corrected chi connectivity index (χ1v) is 8.15. The van der Waals surface area contributed by atoms with Gasteiger partial charge in [0.2, 0.25) is 0 Å². The number of ether oxygens (including phenoxy) is 1. The molecule has 21 heavy (non-hydrogen) atoms. The van der Waals surface area contributed by atoms with Crippen LogP contribution in [0.25, 0.3) is 0 Å². The molecule has 1 aromatic heterocycles. The van der Waals surface area contributed by atoms with Gasteiger partial charge in [-0.05, 0) is 62.0 Å². The molecule has 0 aliphatic carbocycles. The second kappa shape index (κ2) is 6.34. The fourth-order valence-corrected chi connectivity index (χ4v) is 3.33. The molecule has 0 saturated carbocycles. The molecular formula is C16H23BrN2O2. The number of hydrogen-bond acceptors (Lipinski definition) is 4. The summed E-state index contributed by atoms with van der Waals surface area (Å²) in [6.45, 7) is 9.54. The van der Waals surface area contributed by atoms with Crippen molar-refractivity contribution in [1.82, 2.24) is 4.98 Å². The Morgan fingerprint density at radius 3 is 2.48 bits per heavy atom. The summed E-state index contributed by atoms with van der Waals surface area (Å²) in [5, 5.41) is 0. The Morgan fingerprint density at radius 2 is 1.95 bits per heavy atom. The molecule has 1 aliphatic heterocycles. The van der Waals surface area contributed by atoms with Gasteiger partial charge in [-0.25, -0.2) is 0 Å². The Morgan fingerprint density at radius 1 is 1.33 bits per heavy atom. The van der Waals surface area contributed by atoms with Crippen LogP contribution in [-0.4, -0.2) is 29.6 Å². The summed E-state index contributed by atoms with van der Waals surface area (Å²) in [4.78, 5) is 18.6. The molecule has 4 nitrogen and oxygen atoms in total. The Hall–Kier alpha value is -1.10. The van der Waals surface area contributed by atoms with E-state index in [1.165, 1.54) is 5.69 Å². The molecule has 1 aromatic rings. The van der Waals surface area contributed by atoms with Crippen molar-refractivity contribution in [2.75, 3.05) is 18.0 Å². The summed E-state index contributed by atoms with van der Waals surface area (Å²) >= 11 is 3.57. The molecule has 2 rings (SSSR count). The number of pyridine rings is 1. The van der Waals surface area contributed by atoms with E-state index < -0.39 is 5.60 Å². The Bertz CT molecular complexity index is 497. The third kappa shape index (κ3) is 4.19. The number of aromatic nitrogens is 1. The molecule has 0 radical (unpaired) electrons. The van der Waals surface area contributed by atoms with Gasteiger partial charge in [-0.1, -0.05) is 0 Å². The number of esters is 1. The van der Waals surface area contributed by atoms with Crippen molar-refractivity contribution in [2.45, 2.75) is 46.1 Å². The lowest BCUT2D eigenvalue weighted by Crippen LogP contribution is -2.39. The van der Waals surface area contributed by atoms with Crippen molar-refractivity contribution in [3.05, 3.63) is 22.4 Å². The van der Waals surface area contributed by atoms with Crippen molar-refractivity contribution in [3.63, 3.8) is 0 Å². The number of hydrogen-bond donors (Lipinski definition) is 0. The van der Waals surface area contributed by atoms with Crippen LogP contribution in [0.5, 0.6) is 0 Å². The minimum absolute atomic E-state index is 0.0152. The Labute approximate surface area is 135 Å². The molecule has 0 N–H and O–H groups in total. The summed E-state index contributed by atoms with van der Waals surface area (Å²) in [7, 11) is 0. The summed E-state index contributed by atoms with van der Waals surface area (Å²) in [6, 6.07) is 0. The smallest absolute Gasteiger partial charge is 0.309 e. The van der Waals surface area contributed by atoms with Gasteiger partial charge < -0.3 is 9.64 Å². The van der Waals surface area contributed by atoms with Crippen LogP contribution in [0.15, 0.2) is 16.9 Å². The third-order valence-electron chi connectivity index (χ3n) is 3.61. The Balaban J connectivity index is 1.99. The first kappa shape index (κ1) is 16.3. The van der Waals surface area contributed by atoms with Crippen molar-refractivity contribution in [2.24, 2.45) is 5.92 Å². The van der Waals surface area contributed by atoms with Crippen molar-refractivity contribution in [1.29, 1.82) is 0 Å². The van der Waals surface area contributed by atoms with Crippen molar-refractivity contribution >= 4 is 27.6 Å². The molecule has 0 spiro atoms. The minimum atomic E-state index is -0.404. The maximum absolute atomic E-state index is 12.1. The van der Waals surface area contributed by atoms with E-state index >= 15 is 0 Å². The molecule has 1 saturated heterocycles. The number of anilines is 1. The van der Waals surface area contributed by atoms with Gasteiger partial charge in [0.05, 0.1) is 16.1 Å². The maximum Gasteiger partial charge on any atom is 0.309 e. The molecule has 1 fully saturated rings. The van der Waals surface area contributed by atoms with E-state index in [0.717, 1.165) is 36.0 Å². The molecule has 0 bridgehead atoms. The second-order valence-electron chi connectivity index (χ2n) is 6.58. The van der Waals surface area contributed by atoms with Crippen LogP contribution in [0.3, 0.4) is 0 Å².